The summed E-state index contributed by atoms with van der Waals surface area (Å²) in [5, 5.41) is 0. The Labute approximate surface area is 169 Å². The van der Waals surface area contributed by atoms with Crippen LogP contribution in [0.5, 0.6) is 0 Å². The molecule has 0 spiro atoms. The Kier molecular flexibility index (Phi) is 7.69. The first-order valence-electron chi connectivity index (χ1n) is 9.68. The van der Waals surface area contributed by atoms with Crippen LogP contribution in [0.2, 0.25) is 0 Å². The summed E-state index contributed by atoms with van der Waals surface area (Å²) >= 11 is 0. The van der Waals surface area contributed by atoms with Gasteiger partial charge in [0.15, 0.2) is 0 Å². The molecule has 1 amide bonds. The highest BCUT2D eigenvalue weighted by atomic mass is 19.1. The topological polar surface area (TPSA) is 42.0 Å². The minimum absolute atomic E-state index is 0.0409. The molecule has 1 saturated heterocycles. The predicted molar refractivity (Wildman–Crippen MR) is 105 cm³/mol. The number of carbonyl (C=O) groups excluding carboxylic acids is 1. The molecule has 0 N–H and O–H groups in total. The highest BCUT2D eigenvalue weighted by Gasteiger charge is 2.28. The lowest BCUT2D eigenvalue weighted by Gasteiger charge is -2.39. The second kappa shape index (κ2) is 10.4. The molecule has 2 aromatic rings. The van der Waals surface area contributed by atoms with Crippen LogP contribution in [0, 0.1) is 11.6 Å². The summed E-state index contributed by atoms with van der Waals surface area (Å²) in [5.74, 6) is -0.633. The molecule has 1 heterocycles. The first-order chi connectivity index (χ1) is 14.1. The fraction of sp³-hybridized carbons (Fsp3) is 0.409. The number of piperazine rings is 1. The third-order valence-electron chi connectivity index (χ3n) is 5.06. The van der Waals surface area contributed by atoms with Crippen LogP contribution in [-0.2, 0) is 14.3 Å². The molecule has 1 aliphatic heterocycles. The molecule has 0 atom stereocenters. The maximum absolute atomic E-state index is 13.4. The number of benzene rings is 2. The zero-order chi connectivity index (χ0) is 20.6. The molecule has 0 aromatic heterocycles. The maximum Gasteiger partial charge on any atom is 0.248 e. The van der Waals surface area contributed by atoms with Gasteiger partial charge >= 0.3 is 0 Å². The summed E-state index contributed by atoms with van der Waals surface area (Å²) in [4.78, 5) is 16.3. The van der Waals surface area contributed by atoms with E-state index in [1.807, 2.05) is 0 Å². The van der Waals surface area contributed by atoms with Crippen molar-refractivity contribution in [3.8, 4) is 0 Å². The molecular weight excluding hydrogens is 378 g/mol. The van der Waals surface area contributed by atoms with Gasteiger partial charge in [-0.05, 0) is 35.4 Å². The van der Waals surface area contributed by atoms with Crippen LogP contribution in [0.1, 0.15) is 17.2 Å². The molecule has 0 aliphatic carbocycles. The van der Waals surface area contributed by atoms with Gasteiger partial charge in [0.2, 0.25) is 5.91 Å². The van der Waals surface area contributed by atoms with E-state index in [-0.39, 0.29) is 30.2 Å². The van der Waals surface area contributed by atoms with Gasteiger partial charge in [0, 0.05) is 33.3 Å². The second-order valence-corrected chi connectivity index (χ2v) is 6.97. The third kappa shape index (κ3) is 5.82. The van der Waals surface area contributed by atoms with Crippen molar-refractivity contribution >= 4 is 5.91 Å². The summed E-state index contributed by atoms with van der Waals surface area (Å²) in [7, 11) is 1.59. The van der Waals surface area contributed by atoms with Crippen molar-refractivity contribution in [2.75, 3.05) is 53.1 Å². The summed E-state index contributed by atoms with van der Waals surface area (Å²) in [6.07, 6.45) is 0. The van der Waals surface area contributed by atoms with Gasteiger partial charge in [-0.15, -0.1) is 0 Å². The molecule has 7 heteroatoms. The van der Waals surface area contributed by atoms with E-state index in [4.69, 9.17) is 9.47 Å². The van der Waals surface area contributed by atoms with Crippen molar-refractivity contribution in [2.45, 2.75) is 6.04 Å². The molecular formula is C22H26F2N2O3. The molecule has 0 radical (unpaired) electrons. The number of halogens is 2. The lowest BCUT2D eigenvalue weighted by molar-refractivity contribution is -0.138. The lowest BCUT2D eigenvalue weighted by Crippen LogP contribution is -2.50. The van der Waals surface area contributed by atoms with Crippen molar-refractivity contribution in [3.63, 3.8) is 0 Å². The summed E-state index contributed by atoms with van der Waals surface area (Å²) < 4.78 is 37.1. The summed E-state index contributed by atoms with van der Waals surface area (Å²) in [6, 6.07) is 12.6. The second-order valence-electron chi connectivity index (χ2n) is 6.97. The van der Waals surface area contributed by atoms with Gasteiger partial charge < -0.3 is 14.4 Å². The molecule has 29 heavy (non-hydrogen) atoms. The van der Waals surface area contributed by atoms with E-state index in [9.17, 15) is 13.6 Å². The first-order valence-corrected chi connectivity index (χ1v) is 9.68. The van der Waals surface area contributed by atoms with Gasteiger partial charge in [-0.2, -0.15) is 0 Å². The quantitative estimate of drug-likeness (QED) is 0.635. The van der Waals surface area contributed by atoms with Gasteiger partial charge in [-0.25, -0.2) is 8.78 Å². The summed E-state index contributed by atoms with van der Waals surface area (Å²) in [6.45, 7) is 3.35. The monoisotopic (exact) mass is 404 g/mol. The Morgan fingerprint density at radius 2 is 1.41 bits per heavy atom. The van der Waals surface area contributed by atoms with Crippen molar-refractivity contribution < 1.29 is 23.0 Å². The zero-order valence-corrected chi connectivity index (χ0v) is 16.5. The van der Waals surface area contributed by atoms with Gasteiger partial charge in [0.1, 0.15) is 18.2 Å². The average molecular weight is 404 g/mol. The van der Waals surface area contributed by atoms with E-state index >= 15 is 0 Å². The smallest absolute Gasteiger partial charge is 0.248 e. The summed E-state index contributed by atoms with van der Waals surface area (Å²) in [5.41, 5.74) is 1.86. The maximum atomic E-state index is 13.4. The van der Waals surface area contributed by atoms with E-state index in [2.05, 4.69) is 4.90 Å². The van der Waals surface area contributed by atoms with Crippen LogP contribution in [0.3, 0.4) is 0 Å². The number of hydrogen-bond acceptors (Lipinski definition) is 4. The van der Waals surface area contributed by atoms with Crippen molar-refractivity contribution in [1.82, 2.24) is 9.80 Å². The SMILES string of the molecule is COCCOCC(=O)N1CCN(C(c2ccc(F)cc2)c2ccc(F)cc2)CC1. The number of ether oxygens (including phenoxy) is 2. The van der Waals surface area contributed by atoms with Crippen molar-refractivity contribution in [2.24, 2.45) is 0 Å². The molecule has 5 nitrogen and oxygen atoms in total. The van der Waals surface area contributed by atoms with E-state index in [0.717, 1.165) is 11.1 Å². The highest BCUT2D eigenvalue weighted by Crippen LogP contribution is 2.30. The molecule has 1 aliphatic rings. The Balaban J connectivity index is 1.67. The molecule has 3 rings (SSSR count). The van der Waals surface area contributed by atoms with E-state index in [1.54, 1.807) is 36.3 Å². The standard InChI is InChI=1S/C22H26F2N2O3/c1-28-14-15-29-16-21(27)25-10-12-26(13-11-25)22(17-2-6-19(23)7-3-17)18-4-8-20(24)9-5-18/h2-9,22H,10-16H2,1H3. The number of rotatable bonds is 8. The van der Waals surface area contributed by atoms with Crippen molar-refractivity contribution in [1.29, 1.82) is 0 Å². The van der Waals surface area contributed by atoms with Gasteiger partial charge in [-0.3, -0.25) is 9.69 Å². The van der Waals surface area contributed by atoms with E-state index < -0.39 is 0 Å². The van der Waals surface area contributed by atoms with E-state index in [1.165, 1.54) is 24.3 Å². The minimum Gasteiger partial charge on any atom is -0.382 e. The normalized spacial score (nSPS) is 15.1. The molecule has 1 fully saturated rings. The molecule has 2 aromatic carbocycles. The Hall–Kier alpha value is -2.35. The predicted octanol–water partition coefficient (Wildman–Crippen LogP) is 2.86. The zero-order valence-electron chi connectivity index (χ0n) is 16.5. The Bertz CT molecular complexity index is 730. The fourth-order valence-electron chi connectivity index (χ4n) is 3.53. The number of methoxy groups -OCH3 is 1. The number of amides is 1. The number of nitrogens with zero attached hydrogens (tertiary/aromatic N) is 2. The lowest BCUT2D eigenvalue weighted by atomic mass is 9.96. The fourth-order valence-corrected chi connectivity index (χ4v) is 3.53. The number of hydrogen-bond donors (Lipinski definition) is 0. The third-order valence-corrected chi connectivity index (χ3v) is 5.06. The van der Waals surface area contributed by atoms with Crippen molar-refractivity contribution in [3.05, 3.63) is 71.3 Å². The van der Waals surface area contributed by atoms with Crippen LogP contribution < -0.4 is 0 Å². The average Bonchev–Trinajstić information content (AvgIpc) is 2.74. The van der Waals surface area contributed by atoms with Gasteiger partial charge in [0.25, 0.3) is 0 Å². The van der Waals surface area contributed by atoms with Crippen LogP contribution in [0.15, 0.2) is 48.5 Å². The van der Waals surface area contributed by atoms with Crippen LogP contribution in [0.25, 0.3) is 0 Å². The first kappa shape index (κ1) is 21.4. The van der Waals surface area contributed by atoms with Gasteiger partial charge in [0.05, 0.1) is 19.3 Å². The largest absolute Gasteiger partial charge is 0.382 e. The number of carbonyl (C=O) groups is 1. The highest BCUT2D eigenvalue weighted by molar-refractivity contribution is 5.77. The molecule has 0 saturated carbocycles. The Morgan fingerprint density at radius 3 is 1.90 bits per heavy atom. The molecule has 0 unspecified atom stereocenters. The van der Waals surface area contributed by atoms with Crippen LogP contribution in [-0.4, -0.2) is 68.8 Å². The van der Waals surface area contributed by atoms with Crippen LogP contribution in [0.4, 0.5) is 8.78 Å². The minimum atomic E-state index is -0.296. The molecule has 156 valence electrons. The van der Waals surface area contributed by atoms with Gasteiger partial charge in [-0.1, -0.05) is 24.3 Å². The molecule has 0 bridgehead atoms. The van der Waals surface area contributed by atoms with Crippen LogP contribution >= 0.6 is 0 Å². The Morgan fingerprint density at radius 1 is 0.897 bits per heavy atom. The van der Waals surface area contributed by atoms with E-state index in [0.29, 0.717) is 39.4 Å².